The number of thioether (sulfide) groups is 2. The minimum atomic E-state index is -1.01. The number of fused-ring (bicyclic) bond motifs is 2. The number of benzene rings is 4. The zero-order valence-electron chi connectivity index (χ0n) is 40.3. The SMILES string of the molecule is CC1(C)S[C@@H]2[C@H](NC(=O)Cc3ccccc3)C(=O)N2[C@H]1C(=O)O.CC1(C)S[C@@H]2[C@H](NC(=O)Cc3ccccc3)C(=O)N2[C@H]1C(=O)O.O.O.O.O.O.O.O.O.c1ccc(CNCCNCc2ccccc2)cc1. The normalized spacial score (nSPS) is 20.5. The van der Waals surface area contributed by atoms with Crippen molar-refractivity contribution < 1.29 is 82.8 Å². The Balaban J connectivity index is -0.000000947. The third-order valence-corrected chi connectivity index (χ3v) is 14.4. The summed E-state index contributed by atoms with van der Waals surface area (Å²) in [6.45, 7) is 11.1. The van der Waals surface area contributed by atoms with Crippen molar-refractivity contribution in [1.82, 2.24) is 31.1 Å². The highest BCUT2D eigenvalue weighted by atomic mass is 32.2. The number of carbonyl (C=O) groups is 6. The summed E-state index contributed by atoms with van der Waals surface area (Å²) in [7, 11) is 0. The molecule has 4 fully saturated rings. The molecule has 24 heteroatoms. The van der Waals surface area contributed by atoms with E-state index in [4.69, 9.17) is 0 Å². The summed E-state index contributed by atoms with van der Waals surface area (Å²) in [6.07, 6.45) is 0.404. The van der Waals surface area contributed by atoms with Gasteiger partial charge in [0.1, 0.15) is 34.9 Å². The monoisotopic (exact) mass is 1050 g/mol. The molecule has 72 heavy (non-hydrogen) atoms. The van der Waals surface area contributed by atoms with E-state index in [2.05, 4.69) is 69.8 Å². The van der Waals surface area contributed by atoms with Gasteiger partial charge in [0.05, 0.1) is 12.8 Å². The Morgan fingerprint density at radius 2 is 0.736 bits per heavy atom. The summed E-state index contributed by atoms with van der Waals surface area (Å²) < 4.78 is -1.16. The van der Waals surface area contributed by atoms with E-state index in [9.17, 15) is 39.0 Å². The molecule has 22 N–H and O–H groups in total. The molecule has 0 spiro atoms. The molecule has 4 heterocycles. The first-order valence-electron chi connectivity index (χ1n) is 21.2. The van der Waals surface area contributed by atoms with Crippen LogP contribution in [0.1, 0.15) is 49.9 Å². The van der Waals surface area contributed by atoms with Crippen molar-refractivity contribution in [3.05, 3.63) is 144 Å². The topological polar surface area (TPSA) is 449 Å². The third-order valence-electron chi connectivity index (χ3n) is 11.2. The summed E-state index contributed by atoms with van der Waals surface area (Å²) in [6, 6.07) is 36.5. The molecule has 4 aliphatic rings. The number of carbonyl (C=O) groups excluding carboxylic acids is 4. The fraction of sp³-hybridized carbons (Fsp3) is 0.375. The standard InChI is InChI=1S/2C16H18N2O4S.C16H20N2.8H2O/c2*1-16(2)12(15(21)22)18-13(20)11(14(18)23-16)17-10(19)8-9-6-4-3-5-7-9;1-3-7-15(8-4-1)13-17-11-12-18-14-16-9-5-2-6-10-16;;;;;;;;/h2*3-7,11-12,14H,8H2,1-2H3,(H,17,19)(H,21,22);1-10,17-18H,11-14H2;8*1H2/t2*11-,12+,14-;;;;;;;;;/m11........./s1. The van der Waals surface area contributed by atoms with E-state index in [1.54, 1.807) is 0 Å². The van der Waals surface area contributed by atoms with Crippen LogP contribution in [0.2, 0.25) is 0 Å². The molecule has 0 aliphatic carbocycles. The van der Waals surface area contributed by atoms with Gasteiger partial charge in [-0.25, -0.2) is 9.59 Å². The summed E-state index contributed by atoms with van der Waals surface area (Å²) >= 11 is 2.85. The lowest BCUT2D eigenvalue weighted by molar-refractivity contribution is -0.161. The van der Waals surface area contributed by atoms with E-state index in [0.29, 0.717) is 0 Å². The molecular formula is C48H72N6O16S2. The predicted molar refractivity (Wildman–Crippen MR) is 277 cm³/mol. The highest BCUT2D eigenvalue weighted by molar-refractivity contribution is 8.02. The molecule has 6 atom stereocenters. The van der Waals surface area contributed by atoms with Crippen LogP contribution in [-0.4, -0.2) is 157 Å². The van der Waals surface area contributed by atoms with Crippen molar-refractivity contribution in [3.63, 3.8) is 0 Å². The smallest absolute Gasteiger partial charge is 0.327 e. The van der Waals surface area contributed by atoms with Crippen molar-refractivity contribution in [3.8, 4) is 0 Å². The molecule has 8 rings (SSSR count). The fourth-order valence-electron chi connectivity index (χ4n) is 8.14. The second kappa shape index (κ2) is 31.5. The lowest BCUT2D eigenvalue weighted by atomic mass is 9.96. The second-order valence-electron chi connectivity index (χ2n) is 16.9. The van der Waals surface area contributed by atoms with Crippen LogP contribution in [0.3, 0.4) is 0 Å². The van der Waals surface area contributed by atoms with E-state index in [0.717, 1.165) is 37.3 Å². The summed E-state index contributed by atoms with van der Waals surface area (Å²) in [4.78, 5) is 74.4. The molecule has 0 unspecified atom stereocenters. The van der Waals surface area contributed by atoms with Gasteiger partial charge in [0.2, 0.25) is 23.6 Å². The second-order valence-corrected chi connectivity index (χ2v) is 20.5. The van der Waals surface area contributed by atoms with Crippen molar-refractivity contribution in [2.45, 2.75) is 98.0 Å². The molecule has 4 amide bonds. The van der Waals surface area contributed by atoms with Gasteiger partial charge in [0, 0.05) is 35.7 Å². The average molecular weight is 1050 g/mol. The number of β-lactam (4-membered cyclic amide) rings is 2. The van der Waals surface area contributed by atoms with Crippen LogP contribution in [0.25, 0.3) is 0 Å². The van der Waals surface area contributed by atoms with Crippen LogP contribution in [0.15, 0.2) is 121 Å². The minimum Gasteiger partial charge on any atom is -0.480 e. The molecule has 4 aromatic carbocycles. The minimum absolute atomic E-state index is 0. The van der Waals surface area contributed by atoms with Crippen molar-refractivity contribution in [2.75, 3.05) is 13.1 Å². The number of amides is 4. The Labute approximate surface area is 426 Å². The van der Waals surface area contributed by atoms with Crippen LogP contribution in [-0.2, 0) is 54.7 Å². The number of rotatable bonds is 15. The largest absolute Gasteiger partial charge is 0.480 e. The Morgan fingerprint density at radius 1 is 0.472 bits per heavy atom. The van der Waals surface area contributed by atoms with Gasteiger partial charge < -0.3 is 85.1 Å². The zero-order valence-corrected chi connectivity index (χ0v) is 41.9. The molecular weight excluding hydrogens is 981 g/mol. The lowest BCUT2D eigenvalue weighted by Crippen LogP contribution is -2.70. The Morgan fingerprint density at radius 3 is 1.00 bits per heavy atom. The van der Waals surface area contributed by atoms with Crippen LogP contribution in [0, 0.1) is 0 Å². The highest BCUT2D eigenvalue weighted by Crippen LogP contribution is 2.51. The van der Waals surface area contributed by atoms with E-state index in [1.165, 1.54) is 44.5 Å². The highest BCUT2D eigenvalue weighted by Gasteiger charge is 2.65. The van der Waals surface area contributed by atoms with E-state index >= 15 is 0 Å². The first-order valence-corrected chi connectivity index (χ1v) is 22.9. The molecule has 22 nitrogen and oxygen atoms in total. The van der Waals surface area contributed by atoms with Gasteiger partial charge in [-0.15, -0.1) is 23.5 Å². The Bertz CT molecular complexity index is 2110. The Hall–Kier alpha value is -6.00. The summed E-state index contributed by atoms with van der Waals surface area (Å²) in [5.41, 5.74) is 4.41. The van der Waals surface area contributed by atoms with Crippen LogP contribution in [0.4, 0.5) is 0 Å². The van der Waals surface area contributed by atoms with E-state index in [1.807, 2.05) is 100 Å². The van der Waals surface area contributed by atoms with Crippen LogP contribution >= 0.6 is 23.5 Å². The van der Waals surface area contributed by atoms with Gasteiger partial charge in [0.25, 0.3) is 0 Å². The van der Waals surface area contributed by atoms with Gasteiger partial charge >= 0.3 is 11.9 Å². The lowest BCUT2D eigenvalue weighted by Gasteiger charge is -2.43. The molecule has 0 saturated carbocycles. The first-order chi connectivity index (χ1) is 30.6. The van der Waals surface area contributed by atoms with Crippen molar-refractivity contribution in [1.29, 1.82) is 0 Å². The molecule has 4 aliphatic heterocycles. The zero-order chi connectivity index (χ0) is 46.0. The maximum absolute atomic E-state index is 12.3. The molecule has 0 radical (unpaired) electrons. The molecule has 0 bridgehead atoms. The third kappa shape index (κ3) is 17.3. The molecule has 4 saturated heterocycles. The first kappa shape index (κ1) is 70.3. The molecule has 4 aromatic rings. The van der Waals surface area contributed by atoms with Gasteiger partial charge in [-0.05, 0) is 49.9 Å². The molecule has 402 valence electrons. The van der Waals surface area contributed by atoms with Gasteiger partial charge in [-0.2, -0.15) is 0 Å². The maximum atomic E-state index is 12.3. The van der Waals surface area contributed by atoms with Crippen LogP contribution in [0.5, 0.6) is 0 Å². The van der Waals surface area contributed by atoms with Gasteiger partial charge in [0.15, 0.2) is 0 Å². The predicted octanol–water partition coefficient (Wildman–Crippen LogP) is -2.31. The van der Waals surface area contributed by atoms with E-state index < -0.39 is 45.6 Å². The van der Waals surface area contributed by atoms with Crippen LogP contribution < -0.4 is 21.3 Å². The van der Waals surface area contributed by atoms with Crippen molar-refractivity contribution in [2.24, 2.45) is 0 Å². The number of aliphatic carboxylic acids is 2. The number of hydrogen-bond acceptors (Lipinski definition) is 10. The number of nitrogens with one attached hydrogen (secondary N) is 4. The van der Waals surface area contributed by atoms with Crippen molar-refractivity contribution >= 4 is 59.1 Å². The maximum Gasteiger partial charge on any atom is 0.327 e. The Kier molecular flexibility index (Phi) is 30.7. The quantitative estimate of drug-likeness (QED) is 0.0541. The van der Waals surface area contributed by atoms with E-state index in [-0.39, 0.29) is 91.0 Å². The molecule has 0 aromatic heterocycles. The summed E-state index contributed by atoms with van der Waals surface area (Å²) in [5.74, 6) is -3.11. The van der Waals surface area contributed by atoms with Gasteiger partial charge in [-0.3, -0.25) is 19.2 Å². The van der Waals surface area contributed by atoms with Gasteiger partial charge in [-0.1, -0.05) is 121 Å². The fourth-order valence-corrected chi connectivity index (χ4v) is 11.4. The number of carboxylic acid groups (broad SMARTS) is 2. The number of carboxylic acids is 2. The number of nitrogens with zero attached hydrogens (tertiary/aromatic N) is 2. The number of hydrogen-bond donors (Lipinski definition) is 6. The summed E-state index contributed by atoms with van der Waals surface area (Å²) in [5, 5.41) is 30.4. The average Bonchev–Trinajstić information content (AvgIpc) is 3.69.